The van der Waals surface area contributed by atoms with Crippen LogP contribution < -0.4 is 16.2 Å². The standard InChI is InChI=1S/C22H20ClN3O4/c23-19-4-2-1-3-16(19)13-26-14-17(7-10-20(26)28)22(30)25-12-11-24-21(29)15-5-8-18(27)9-6-15/h1-10,14,27H,11-13H2,(H,24,29)(H,25,30). The van der Waals surface area contributed by atoms with E-state index in [1.807, 2.05) is 12.1 Å². The number of rotatable bonds is 7. The van der Waals surface area contributed by atoms with Crippen LogP contribution in [0.1, 0.15) is 26.3 Å². The molecule has 0 unspecified atom stereocenters. The van der Waals surface area contributed by atoms with Crippen LogP contribution in [0.2, 0.25) is 5.02 Å². The van der Waals surface area contributed by atoms with Gasteiger partial charge in [0.1, 0.15) is 5.75 Å². The lowest BCUT2D eigenvalue weighted by molar-refractivity contribution is 0.0927. The van der Waals surface area contributed by atoms with Crippen molar-refractivity contribution >= 4 is 23.4 Å². The minimum atomic E-state index is -0.359. The second-order valence-electron chi connectivity index (χ2n) is 6.53. The molecule has 3 N–H and O–H groups in total. The Kier molecular flexibility index (Phi) is 6.87. The van der Waals surface area contributed by atoms with Gasteiger partial charge in [0.15, 0.2) is 0 Å². The molecule has 0 aliphatic heterocycles. The maximum atomic E-state index is 12.4. The number of nitrogens with zero attached hydrogens (tertiary/aromatic N) is 1. The summed E-state index contributed by atoms with van der Waals surface area (Å²) in [6.45, 7) is 0.694. The van der Waals surface area contributed by atoms with Crippen LogP contribution in [0.3, 0.4) is 0 Å². The number of aromatic nitrogens is 1. The summed E-state index contributed by atoms with van der Waals surface area (Å²) in [5, 5.41) is 15.2. The van der Waals surface area contributed by atoms with E-state index in [4.69, 9.17) is 11.6 Å². The quantitative estimate of drug-likeness (QED) is 0.506. The third kappa shape index (κ3) is 5.48. The molecule has 0 bridgehead atoms. The van der Waals surface area contributed by atoms with Crippen molar-refractivity contribution in [2.45, 2.75) is 6.54 Å². The Morgan fingerprint density at radius 1 is 0.867 bits per heavy atom. The van der Waals surface area contributed by atoms with E-state index in [9.17, 15) is 19.5 Å². The Labute approximate surface area is 177 Å². The zero-order valence-corrected chi connectivity index (χ0v) is 16.7. The molecule has 1 heterocycles. The van der Waals surface area contributed by atoms with Crippen LogP contribution in [0.15, 0.2) is 71.7 Å². The predicted octanol–water partition coefficient (Wildman–Crippen LogP) is 2.42. The first-order valence-electron chi connectivity index (χ1n) is 9.23. The highest BCUT2D eigenvalue weighted by atomic mass is 35.5. The number of pyridine rings is 1. The molecule has 0 aliphatic carbocycles. The molecule has 0 atom stereocenters. The van der Waals surface area contributed by atoms with E-state index >= 15 is 0 Å². The number of carbonyl (C=O) groups excluding carboxylic acids is 2. The highest BCUT2D eigenvalue weighted by molar-refractivity contribution is 6.31. The van der Waals surface area contributed by atoms with E-state index in [0.717, 1.165) is 5.56 Å². The first-order chi connectivity index (χ1) is 14.4. The van der Waals surface area contributed by atoms with Crippen molar-refractivity contribution in [3.8, 4) is 5.75 Å². The van der Waals surface area contributed by atoms with Crippen LogP contribution >= 0.6 is 11.6 Å². The lowest BCUT2D eigenvalue weighted by atomic mass is 10.2. The van der Waals surface area contributed by atoms with E-state index in [-0.39, 0.29) is 42.8 Å². The SMILES string of the molecule is O=C(NCCNC(=O)c1ccc(=O)n(Cc2ccccc2Cl)c1)c1ccc(O)cc1. The summed E-state index contributed by atoms with van der Waals surface area (Å²) in [5.41, 5.74) is 1.26. The fraction of sp³-hybridized carbons (Fsp3) is 0.136. The summed E-state index contributed by atoms with van der Waals surface area (Å²) in [6, 6.07) is 15.8. The van der Waals surface area contributed by atoms with E-state index < -0.39 is 0 Å². The molecule has 30 heavy (non-hydrogen) atoms. The Bertz CT molecular complexity index is 1110. The number of carbonyl (C=O) groups is 2. The highest BCUT2D eigenvalue weighted by Crippen LogP contribution is 2.15. The van der Waals surface area contributed by atoms with Crippen LogP contribution in [-0.4, -0.2) is 34.6 Å². The van der Waals surface area contributed by atoms with Crippen molar-refractivity contribution in [3.05, 3.63) is 98.9 Å². The smallest absolute Gasteiger partial charge is 0.252 e. The summed E-state index contributed by atoms with van der Waals surface area (Å²) in [6.07, 6.45) is 1.48. The molecule has 0 saturated heterocycles. The second kappa shape index (κ2) is 9.76. The topological polar surface area (TPSA) is 100 Å². The summed E-state index contributed by atoms with van der Waals surface area (Å²) >= 11 is 6.15. The number of aromatic hydroxyl groups is 1. The van der Waals surface area contributed by atoms with Gasteiger partial charge in [-0.25, -0.2) is 0 Å². The van der Waals surface area contributed by atoms with Gasteiger partial charge < -0.3 is 20.3 Å². The van der Waals surface area contributed by atoms with Crippen molar-refractivity contribution in [2.24, 2.45) is 0 Å². The zero-order chi connectivity index (χ0) is 21.5. The second-order valence-corrected chi connectivity index (χ2v) is 6.94. The van der Waals surface area contributed by atoms with Gasteiger partial charge >= 0.3 is 0 Å². The Hall–Kier alpha value is -3.58. The molecule has 0 aliphatic rings. The third-order valence-electron chi connectivity index (χ3n) is 4.37. The summed E-state index contributed by atoms with van der Waals surface area (Å²) < 4.78 is 1.42. The predicted molar refractivity (Wildman–Crippen MR) is 114 cm³/mol. The number of amides is 2. The lowest BCUT2D eigenvalue weighted by Gasteiger charge is -2.10. The van der Waals surface area contributed by atoms with Gasteiger partial charge in [-0.15, -0.1) is 0 Å². The summed E-state index contributed by atoms with van der Waals surface area (Å²) in [5.74, 6) is -0.589. The molecular weight excluding hydrogens is 406 g/mol. The Morgan fingerprint density at radius 2 is 1.47 bits per heavy atom. The number of hydrogen-bond donors (Lipinski definition) is 3. The number of hydrogen-bond acceptors (Lipinski definition) is 4. The minimum Gasteiger partial charge on any atom is -0.508 e. The zero-order valence-electron chi connectivity index (χ0n) is 16.0. The van der Waals surface area contributed by atoms with Crippen LogP contribution in [0, 0.1) is 0 Å². The number of phenols is 1. The van der Waals surface area contributed by atoms with Gasteiger partial charge in [-0.3, -0.25) is 14.4 Å². The lowest BCUT2D eigenvalue weighted by Crippen LogP contribution is -2.35. The van der Waals surface area contributed by atoms with E-state index in [1.165, 1.54) is 47.2 Å². The van der Waals surface area contributed by atoms with E-state index in [2.05, 4.69) is 10.6 Å². The van der Waals surface area contributed by atoms with Crippen LogP contribution in [-0.2, 0) is 6.54 Å². The third-order valence-corrected chi connectivity index (χ3v) is 4.74. The fourth-order valence-electron chi connectivity index (χ4n) is 2.77. The molecule has 1 aromatic heterocycles. The van der Waals surface area contributed by atoms with Crippen molar-refractivity contribution in [1.29, 1.82) is 0 Å². The molecule has 0 radical (unpaired) electrons. The van der Waals surface area contributed by atoms with Gasteiger partial charge in [0.2, 0.25) is 0 Å². The molecule has 3 rings (SSSR count). The molecule has 2 aromatic carbocycles. The minimum absolute atomic E-state index is 0.0784. The van der Waals surface area contributed by atoms with Gasteiger partial charge in [-0.05, 0) is 42.0 Å². The number of phenolic OH excluding ortho intramolecular Hbond substituents is 1. The maximum Gasteiger partial charge on any atom is 0.252 e. The molecule has 2 amide bonds. The molecule has 0 saturated carbocycles. The van der Waals surface area contributed by atoms with Crippen molar-refractivity contribution in [1.82, 2.24) is 15.2 Å². The first-order valence-corrected chi connectivity index (χ1v) is 9.61. The summed E-state index contributed by atoms with van der Waals surface area (Å²) in [7, 11) is 0. The van der Waals surface area contributed by atoms with Gasteiger partial charge in [-0.2, -0.15) is 0 Å². The van der Waals surface area contributed by atoms with Gasteiger partial charge in [0.25, 0.3) is 17.4 Å². The monoisotopic (exact) mass is 425 g/mol. The Balaban J connectivity index is 1.55. The van der Waals surface area contributed by atoms with Gasteiger partial charge in [0.05, 0.1) is 12.1 Å². The van der Waals surface area contributed by atoms with Gasteiger partial charge in [0, 0.05) is 35.9 Å². The molecule has 3 aromatic rings. The van der Waals surface area contributed by atoms with E-state index in [1.54, 1.807) is 12.1 Å². The number of nitrogens with one attached hydrogen (secondary N) is 2. The number of halogens is 1. The largest absolute Gasteiger partial charge is 0.508 e. The van der Waals surface area contributed by atoms with Crippen LogP contribution in [0.25, 0.3) is 0 Å². The maximum absolute atomic E-state index is 12.4. The molecule has 0 spiro atoms. The normalized spacial score (nSPS) is 10.4. The highest BCUT2D eigenvalue weighted by Gasteiger charge is 2.10. The summed E-state index contributed by atoms with van der Waals surface area (Å²) in [4.78, 5) is 36.5. The van der Waals surface area contributed by atoms with E-state index in [0.29, 0.717) is 16.1 Å². The molecule has 0 fully saturated rings. The molecule has 7 nitrogen and oxygen atoms in total. The van der Waals surface area contributed by atoms with Crippen molar-refractivity contribution in [2.75, 3.05) is 13.1 Å². The number of benzene rings is 2. The average molecular weight is 426 g/mol. The molecule has 8 heteroatoms. The first kappa shape index (κ1) is 21.1. The fourth-order valence-corrected chi connectivity index (χ4v) is 2.96. The molecule has 154 valence electrons. The van der Waals surface area contributed by atoms with Crippen molar-refractivity contribution < 1.29 is 14.7 Å². The molecular formula is C22H20ClN3O4. The Morgan fingerprint density at radius 3 is 2.13 bits per heavy atom. The van der Waals surface area contributed by atoms with Gasteiger partial charge in [-0.1, -0.05) is 29.8 Å². The average Bonchev–Trinajstić information content (AvgIpc) is 2.74. The van der Waals surface area contributed by atoms with Crippen LogP contribution in [0.5, 0.6) is 5.75 Å². The van der Waals surface area contributed by atoms with Crippen LogP contribution in [0.4, 0.5) is 0 Å². The van der Waals surface area contributed by atoms with Crippen molar-refractivity contribution in [3.63, 3.8) is 0 Å².